The molecule has 5 heteroatoms. The number of ether oxygens (including phenoxy) is 3. The third-order valence-corrected chi connectivity index (χ3v) is 3.39. The van der Waals surface area contributed by atoms with E-state index >= 15 is 0 Å². The second kappa shape index (κ2) is 10.4. The number of alkyl carbamates (subject to hydrolysis) is 1. The molecule has 2 aromatic rings. The van der Waals surface area contributed by atoms with Crippen LogP contribution in [0.2, 0.25) is 0 Å². The van der Waals surface area contributed by atoms with Crippen LogP contribution in [0.3, 0.4) is 0 Å². The van der Waals surface area contributed by atoms with E-state index in [-0.39, 0.29) is 12.7 Å². The van der Waals surface area contributed by atoms with Crippen molar-refractivity contribution in [3.05, 3.63) is 65.7 Å². The zero-order valence-corrected chi connectivity index (χ0v) is 14.7. The number of benzene rings is 2. The first kappa shape index (κ1) is 18.8. The SMILES string of the molecule is CC(C)OCc1ccccc1OCCNC(=O)OCc1ccccc1. The molecule has 2 rings (SSSR count). The standard InChI is InChI=1S/C20H25NO4/c1-16(2)24-15-18-10-6-7-11-19(18)23-13-12-21-20(22)25-14-17-8-4-3-5-9-17/h3-11,16H,12-15H2,1-2H3,(H,21,22). The van der Waals surface area contributed by atoms with Crippen LogP contribution in [0.1, 0.15) is 25.0 Å². The molecule has 0 fully saturated rings. The molecule has 0 spiro atoms. The highest BCUT2D eigenvalue weighted by Crippen LogP contribution is 2.19. The Kier molecular flexibility index (Phi) is 7.79. The van der Waals surface area contributed by atoms with Gasteiger partial charge in [-0.15, -0.1) is 0 Å². The molecular formula is C20H25NO4. The number of carbonyl (C=O) groups is 1. The molecule has 0 bridgehead atoms. The first-order chi connectivity index (χ1) is 12.1. The summed E-state index contributed by atoms with van der Waals surface area (Å²) in [6, 6.07) is 17.3. The molecule has 0 saturated heterocycles. The monoisotopic (exact) mass is 343 g/mol. The van der Waals surface area contributed by atoms with E-state index < -0.39 is 6.09 Å². The van der Waals surface area contributed by atoms with Gasteiger partial charge in [0.15, 0.2) is 0 Å². The Labute approximate surface area is 148 Å². The molecule has 0 saturated carbocycles. The van der Waals surface area contributed by atoms with Crippen LogP contribution >= 0.6 is 0 Å². The fraction of sp³-hybridized carbons (Fsp3) is 0.350. The summed E-state index contributed by atoms with van der Waals surface area (Å²) < 4.78 is 16.5. The largest absolute Gasteiger partial charge is 0.491 e. The van der Waals surface area contributed by atoms with E-state index in [4.69, 9.17) is 14.2 Å². The second-order valence-electron chi connectivity index (χ2n) is 5.80. The summed E-state index contributed by atoms with van der Waals surface area (Å²) in [4.78, 5) is 11.7. The lowest BCUT2D eigenvalue weighted by atomic mass is 10.2. The second-order valence-corrected chi connectivity index (χ2v) is 5.80. The molecule has 0 aliphatic carbocycles. The van der Waals surface area contributed by atoms with Gasteiger partial charge in [0, 0.05) is 5.56 Å². The van der Waals surface area contributed by atoms with Crippen LogP contribution in [-0.2, 0) is 22.7 Å². The van der Waals surface area contributed by atoms with Crippen molar-refractivity contribution in [3.8, 4) is 5.75 Å². The molecule has 1 amide bonds. The average Bonchev–Trinajstić information content (AvgIpc) is 2.63. The average molecular weight is 343 g/mol. The predicted molar refractivity (Wildman–Crippen MR) is 96.5 cm³/mol. The van der Waals surface area contributed by atoms with E-state index in [9.17, 15) is 4.79 Å². The highest BCUT2D eigenvalue weighted by Gasteiger charge is 2.06. The molecule has 0 atom stereocenters. The van der Waals surface area contributed by atoms with E-state index in [1.54, 1.807) is 0 Å². The van der Waals surface area contributed by atoms with Gasteiger partial charge in [-0.1, -0.05) is 48.5 Å². The molecule has 0 aliphatic heterocycles. The summed E-state index contributed by atoms with van der Waals surface area (Å²) in [5.41, 5.74) is 1.94. The molecule has 0 aliphatic rings. The summed E-state index contributed by atoms with van der Waals surface area (Å²) in [7, 11) is 0. The van der Waals surface area contributed by atoms with Gasteiger partial charge in [-0.3, -0.25) is 0 Å². The molecule has 134 valence electrons. The van der Waals surface area contributed by atoms with Crippen LogP contribution in [0.4, 0.5) is 4.79 Å². The predicted octanol–water partition coefficient (Wildman–Crippen LogP) is 3.92. The zero-order valence-electron chi connectivity index (χ0n) is 14.7. The van der Waals surface area contributed by atoms with Crippen molar-refractivity contribution >= 4 is 6.09 Å². The Morgan fingerprint density at radius 3 is 2.48 bits per heavy atom. The number of para-hydroxylation sites is 1. The first-order valence-corrected chi connectivity index (χ1v) is 8.42. The van der Waals surface area contributed by atoms with E-state index in [2.05, 4.69) is 5.32 Å². The van der Waals surface area contributed by atoms with Gasteiger partial charge in [0.05, 0.1) is 19.3 Å². The number of hydrogen-bond acceptors (Lipinski definition) is 4. The van der Waals surface area contributed by atoms with Crippen molar-refractivity contribution in [2.75, 3.05) is 13.2 Å². The lowest BCUT2D eigenvalue weighted by molar-refractivity contribution is 0.0640. The van der Waals surface area contributed by atoms with Gasteiger partial charge < -0.3 is 19.5 Å². The lowest BCUT2D eigenvalue weighted by Crippen LogP contribution is -2.28. The minimum absolute atomic E-state index is 0.161. The molecule has 0 heterocycles. The van der Waals surface area contributed by atoms with E-state index in [0.717, 1.165) is 16.9 Å². The van der Waals surface area contributed by atoms with Crippen molar-refractivity contribution in [1.29, 1.82) is 0 Å². The normalized spacial score (nSPS) is 10.5. The van der Waals surface area contributed by atoms with Crippen LogP contribution in [0, 0.1) is 0 Å². The van der Waals surface area contributed by atoms with Gasteiger partial charge in [-0.2, -0.15) is 0 Å². The van der Waals surface area contributed by atoms with E-state index in [1.165, 1.54) is 0 Å². The summed E-state index contributed by atoms with van der Waals surface area (Å²) in [6.45, 7) is 5.47. The minimum Gasteiger partial charge on any atom is -0.491 e. The number of amides is 1. The molecule has 5 nitrogen and oxygen atoms in total. The third-order valence-electron chi connectivity index (χ3n) is 3.39. The van der Waals surface area contributed by atoms with E-state index in [1.807, 2.05) is 68.4 Å². The summed E-state index contributed by atoms with van der Waals surface area (Å²) in [5.74, 6) is 0.766. The molecule has 0 unspecified atom stereocenters. The van der Waals surface area contributed by atoms with Crippen molar-refractivity contribution < 1.29 is 19.0 Å². The minimum atomic E-state index is -0.455. The Hall–Kier alpha value is -2.53. The highest BCUT2D eigenvalue weighted by atomic mass is 16.5. The van der Waals surface area contributed by atoms with Crippen molar-refractivity contribution in [3.63, 3.8) is 0 Å². The lowest BCUT2D eigenvalue weighted by Gasteiger charge is -2.13. The quantitative estimate of drug-likeness (QED) is 0.701. The Morgan fingerprint density at radius 1 is 1.00 bits per heavy atom. The van der Waals surface area contributed by atoms with Crippen LogP contribution in [0.15, 0.2) is 54.6 Å². The van der Waals surface area contributed by atoms with Gasteiger partial charge in [0.1, 0.15) is 19.0 Å². The van der Waals surface area contributed by atoms with Gasteiger partial charge >= 0.3 is 6.09 Å². The van der Waals surface area contributed by atoms with Gasteiger partial charge in [-0.25, -0.2) is 4.79 Å². The third kappa shape index (κ3) is 7.27. The number of hydrogen-bond donors (Lipinski definition) is 1. The Bertz CT molecular complexity index is 643. The fourth-order valence-corrected chi connectivity index (χ4v) is 2.11. The fourth-order valence-electron chi connectivity index (χ4n) is 2.11. The summed E-state index contributed by atoms with van der Waals surface area (Å²) in [6.07, 6.45) is -0.294. The van der Waals surface area contributed by atoms with E-state index in [0.29, 0.717) is 19.8 Å². The Balaban J connectivity index is 1.68. The maximum atomic E-state index is 11.7. The number of rotatable bonds is 9. The smallest absolute Gasteiger partial charge is 0.407 e. The van der Waals surface area contributed by atoms with Gasteiger partial charge in [0.25, 0.3) is 0 Å². The maximum absolute atomic E-state index is 11.7. The number of nitrogens with one attached hydrogen (secondary N) is 1. The van der Waals surface area contributed by atoms with Crippen LogP contribution in [0.25, 0.3) is 0 Å². The first-order valence-electron chi connectivity index (χ1n) is 8.42. The van der Waals surface area contributed by atoms with Crippen LogP contribution in [-0.4, -0.2) is 25.3 Å². The molecule has 0 aromatic heterocycles. The van der Waals surface area contributed by atoms with Crippen molar-refractivity contribution in [1.82, 2.24) is 5.32 Å². The highest BCUT2D eigenvalue weighted by molar-refractivity contribution is 5.67. The maximum Gasteiger partial charge on any atom is 0.407 e. The van der Waals surface area contributed by atoms with Crippen molar-refractivity contribution in [2.24, 2.45) is 0 Å². The van der Waals surface area contributed by atoms with Crippen LogP contribution in [0.5, 0.6) is 5.75 Å². The Morgan fingerprint density at radius 2 is 1.72 bits per heavy atom. The summed E-state index contributed by atoms with van der Waals surface area (Å²) in [5, 5.41) is 2.68. The zero-order chi connectivity index (χ0) is 17.9. The molecule has 2 aromatic carbocycles. The molecule has 0 radical (unpaired) electrons. The molecule has 1 N–H and O–H groups in total. The topological polar surface area (TPSA) is 56.8 Å². The molecule has 25 heavy (non-hydrogen) atoms. The van der Waals surface area contributed by atoms with Gasteiger partial charge in [-0.05, 0) is 25.5 Å². The van der Waals surface area contributed by atoms with Crippen LogP contribution < -0.4 is 10.1 Å². The molecular weight excluding hydrogens is 318 g/mol. The summed E-state index contributed by atoms with van der Waals surface area (Å²) >= 11 is 0. The number of carbonyl (C=O) groups excluding carboxylic acids is 1. The van der Waals surface area contributed by atoms with Crippen molar-refractivity contribution in [2.45, 2.75) is 33.2 Å². The van der Waals surface area contributed by atoms with Gasteiger partial charge in [0.2, 0.25) is 0 Å².